The first-order chi connectivity index (χ1) is 9.52. The van der Waals surface area contributed by atoms with E-state index in [0.29, 0.717) is 5.39 Å². The van der Waals surface area contributed by atoms with Crippen molar-refractivity contribution in [3.8, 4) is 0 Å². The Bertz CT molecular complexity index is 694. The first-order valence-corrected chi connectivity index (χ1v) is 7.05. The van der Waals surface area contributed by atoms with Crippen LogP contribution in [0, 0.1) is 6.92 Å². The molecule has 2 heterocycles. The first-order valence-electron chi connectivity index (χ1n) is 6.27. The molecule has 0 spiro atoms. The highest BCUT2D eigenvalue weighted by Crippen LogP contribution is 2.31. The van der Waals surface area contributed by atoms with Crippen LogP contribution in [0.2, 0.25) is 0 Å². The number of rotatable bonds is 2. The molecule has 1 saturated heterocycles. The molecule has 6 nitrogen and oxygen atoms in total. The lowest BCUT2D eigenvalue weighted by Crippen LogP contribution is -2.34. The number of aliphatic hydroxyl groups excluding tert-OH is 3. The minimum Gasteiger partial charge on any atom is -0.394 e. The van der Waals surface area contributed by atoms with Crippen molar-refractivity contribution in [2.75, 3.05) is 6.61 Å². The van der Waals surface area contributed by atoms with Crippen LogP contribution in [0.5, 0.6) is 0 Å². The molecule has 0 aliphatic carbocycles. The van der Waals surface area contributed by atoms with Gasteiger partial charge in [0.2, 0.25) is 0 Å². The number of hydrogen-bond donors (Lipinski definition) is 3. The maximum atomic E-state index is 12.4. The third-order valence-electron chi connectivity index (χ3n) is 3.51. The average molecular weight is 297 g/mol. The summed E-state index contributed by atoms with van der Waals surface area (Å²) < 4.78 is 7.49. The third kappa shape index (κ3) is 1.99. The molecule has 1 fully saturated rings. The summed E-state index contributed by atoms with van der Waals surface area (Å²) in [7, 11) is 0. The van der Waals surface area contributed by atoms with Gasteiger partial charge in [0.1, 0.15) is 18.3 Å². The van der Waals surface area contributed by atoms with E-state index in [9.17, 15) is 15.0 Å². The van der Waals surface area contributed by atoms with Crippen molar-refractivity contribution in [2.45, 2.75) is 31.5 Å². The van der Waals surface area contributed by atoms with Crippen molar-refractivity contribution in [1.29, 1.82) is 0 Å². The van der Waals surface area contributed by atoms with Crippen LogP contribution >= 0.6 is 11.5 Å². The summed E-state index contributed by atoms with van der Waals surface area (Å²) in [6.45, 7) is 1.49. The average Bonchev–Trinajstić information content (AvgIpc) is 2.90. The molecule has 7 heteroatoms. The molecule has 1 aliphatic rings. The van der Waals surface area contributed by atoms with E-state index in [1.807, 2.05) is 19.1 Å². The molecule has 20 heavy (non-hydrogen) atoms. The minimum atomic E-state index is -1.24. The Hall–Kier alpha value is -1.25. The van der Waals surface area contributed by atoms with Crippen molar-refractivity contribution >= 4 is 21.6 Å². The van der Waals surface area contributed by atoms with Crippen LogP contribution in [0.15, 0.2) is 23.0 Å². The topological polar surface area (TPSA) is 91.9 Å². The van der Waals surface area contributed by atoms with Crippen molar-refractivity contribution < 1.29 is 20.1 Å². The predicted molar refractivity (Wildman–Crippen MR) is 73.8 cm³/mol. The number of aliphatic hydroxyl groups is 3. The van der Waals surface area contributed by atoms with E-state index in [0.717, 1.165) is 10.3 Å². The fourth-order valence-electron chi connectivity index (χ4n) is 2.40. The second-order valence-electron chi connectivity index (χ2n) is 4.95. The highest BCUT2D eigenvalue weighted by molar-refractivity contribution is 7.13. The number of ether oxygens (including phenoxy) is 1. The predicted octanol–water partition coefficient (Wildman–Crippen LogP) is -0.0171. The van der Waals surface area contributed by atoms with Crippen molar-refractivity contribution in [3.63, 3.8) is 0 Å². The quantitative estimate of drug-likeness (QED) is 0.725. The van der Waals surface area contributed by atoms with Crippen molar-refractivity contribution in [1.82, 2.24) is 3.96 Å². The van der Waals surface area contributed by atoms with Crippen molar-refractivity contribution in [3.05, 3.63) is 34.1 Å². The summed E-state index contributed by atoms with van der Waals surface area (Å²) in [6.07, 6.45) is -4.29. The van der Waals surface area contributed by atoms with Gasteiger partial charge in [-0.05, 0) is 19.1 Å². The molecular weight excluding hydrogens is 282 g/mol. The Morgan fingerprint density at radius 3 is 2.75 bits per heavy atom. The number of nitrogens with zero attached hydrogens (tertiary/aromatic N) is 1. The maximum absolute atomic E-state index is 12.4. The van der Waals surface area contributed by atoms with Gasteiger partial charge in [-0.25, -0.2) is 3.96 Å². The zero-order valence-electron chi connectivity index (χ0n) is 10.8. The van der Waals surface area contributed by atoms with Crippen LogP contribution in [0.4, 0.5) is 0 Å². The van der Waals surface area contributed by atoms with Gasteiger partial charge in [-0.3, -0.25) is 4.79 Å². The molecule has 0 radical (unpaired) electrons. The second kappa shape index (κ2) is 4.94. The molecule has 0 bridgehead atoms. The van der Waals surface area contributed by atoms with E-state index in [2.05, 4.69) is 0 Å². The number of fused-ring (bicyclic) bond motifs is 1. The molecule has 0 unspecified atom stereocenters. The monoisotopic (exact) mass is 297 g/mol. The molecule has 0 saturated carbocycles. The Morgan fingerprint density at radius 1 is 1.35 bits per heavy atom. The van der Waals surface area contributed by atoms with Crippen LogP contribution < -0.4 is 5.56 Å². The van der Waals surface area contributed by atoms with Gasteiger partial charge in [0.25, 0.3) is 5.56 Å². The number of hydrogen-bond acceptors (Lipinski definition) is 6. The minimum absolute atomic E-state index is 0.261. The van der Waals surface area contributed by atoms with Crippen LogP contribution in [-0.2, 0) is 4.74 Å². The van der Waals surface area contributed by atoms with Gasteiger partial charge in [-0.1, -0.05) is 23.2 Å². The molecule has 3 N–H and O–H groups in total. The summed E-state index contributed by atoms with van der Waals surface area (Å²) in [5.74, 6) is 0. The van der Waals surface area contributed by atoms with Crippen LogP contribution in [0.3, 0.4) is 0 Å². The summed E-state index contributed by atoms with van der Waals surface area (Å²) in [6, 6.07) is 5.53. The molecule has 1 aromatic heterocycles. The highest BCUT2D eigenvalue weighted by atomic mass is 32.1. The fraction of sp³-hybridized carbons (Fsp3) is 0.462. The van der Waals surface area contributed by atoms with E-state index >= 15 is 0 Å². The van der Waals surface area contributed by atoms with Gasteiger partial charge in [0, 0.05) is 0 Å². The van der Waals surface area contributed by atoms with E-state index in [-0.39, 0.29) is 5.56 Å². The summed E-state index contributed by atoms with van der Waals surface area (Å²) in [4.78, 5) is 12.4. The van der Waals surface area contributed by atoms with Crippen molar-refractivity contribution in [2.24, 2.45) is 0 Å². The zero-order valence-corrected chi connectivity index (χ0v) is 11.6. The Balaban J connectivity index is 2.07. The lowest BCUT2D eigenvalue weighted by molar-refractivity contribution is -0.0489. The van der Waals surface area contributed by atoms with E-state index in [1.165, 1.54) is 15.5 Å². The third-order valence-corrected chi connectivity index (χ3v) is 4.63. The molecule has 0 amide bonds. The summed E-state index contributed by atoms with van der Waals surface area (Å²) in [5, 5.41) is 29.4. The Labute approximate surface area is 118 Å². The van der Waals surface area contributed by atoms with E-state index < -0.39 is 31.1 Å². The molecular formula is C13H15NO5S. The Kier molecular flexibility index (Phi) is 3.39. The fourth-order valence-corrected chi connectivity index (χ4v) is 3.44. The number of benzene rings is 1. The lowest BCUT2D eigenvalue weighted by Gasteiger charge is -2.14. The Morgan fingerprint density at radius 2 is 2.10 bits per heavy atom. The summed E-state index contributed by atoms with van der Waals surface area (Å²) in [5.41, 5.74) is 0.712. The van der Waals surface area contributed by atoms with Gasteiger partial charge in [-0.15, -0.1) is 0 Å². The zero-order chi connectivity index (χ0) is 14.4. The van der Waals surface area contributed by atoms with Crippen LogP contribution in [0.25, 0.3) is 10.1 Å². The van der Waals surface area contributed by atoms with E-state index in [4.69, 9.17) is 9.84 Å². The molecule has 1 aliphatic heterocycles. The van der Waals surface area contributed by atoms with Gasteiger partial charge < -0.3 is 20.1 Å². The molecule has 2 aromatic rings. The normalized spacial score (nSPS) is 30.2. The highest BCUT2D eigenvalue weighted by Gasteiger charge is 2.44. The molecule has 4 atom stereocenters. The number of aryl methyl sites for hydroxylation is 1. The summed E-state index contributed by atoms with van der Waals surface area (Å²) >= 11 is 1.17. The van der Waals surface area contributed by atoms with Gasteiger partial charge in [0.05, 0.1) is 16.7 Å². The smallest absolute Gasteiger partial charge is 0.270 e. The van der Waals surface area contributed by atoms with Gasteiger partial charge in [0.15, 0.2) is 6.23 Å². The number of aromatic nitrogens is 1. The first kappa shape index (κ1) is 13.7. The maximum Gasteiger partial charge on any atom is 0.270 e. The second-order valence-corrected chi connectivity index (χ2v) is 5.97. The van der Waals surface area contributed by atoms with Gasteiger partial charge >= 0.3 is 0 Å². The lowest BCUT2D eigenvalue weighted by atomic mass is 10.1. The SMILES string of the molecule is Cc1ccc2sn([C@@H]3O[C@H](CO)[C@@H](O)[C@H]3O)c(=O)c2c1. The van der Waals surface area contributed by atoms with Gasteiger partial charge in [-0.2, -0.15) is 0 Å². The van der Waals surface area contributed by atoms with Crippen LogP contribution in [-0.4, -0.2) is 44.2 Å². The standard InChI is InChI=1S/C13H15NO5S/c1-6-2-3-9-7(4-6)12(18)14(20-9)13-11(17)10(16)8(5-15)19-13/h2-4,8,10-11,13,15-17H,5H2,1H3/t8-,10-,11-,13-/m1/s1. The van der Waals surface area contributed by atoms with Crippen LogP contribution in [0.1, 0.15) is 11.8 Å². The molecule has 108 valence electrons. The molecule has 1 aromatic carbocycles. The molecule has 3 rings (SSSR count). The van der Waals surface area contributed by atoms with E-state index in [1.54, 1.807) is 6.07 Å². The largest absolute Gasteiger partial charge is 0.394 e.